The third kappa shape index (κ3) is 8.40. The molecular formula is C13H24F3N3O3. The van der Waals surface area contributed by atoms with Crippen molar-refractivity contribution in [1.82, 2.24) is 15.1 Å². The number of hydrogen-bond acceptors (Lipinski definition) is 4. The summed E-state index contributed by atoms with van der Waals surface area (Å²) in [6.07, 6.45) is -3.71. The van der Waals surface area contributed by atoms with E-state index in [1.807, 2.05) is 0 Å². The van der Waals surface area contributed by atoms with Crippen LogP contribution >= 0.6 is 0 Å². The summed E-state index contributed by atoms with van der Waals surface area (Å²) in [6.45, 7) is 3.20. The molecule has 1 rings (SSSR count). The topological polar surface area (TPSA) is 54.0 Å². The number of ether oxygens (including phenoxy) is 2. The third-order valence-corrected chi connectivity index (χ3v) is 3.27. The van der Waals surface area contributed by atoms with Gasteiger partial charge >= 0.3 is 12.2 Å². The van der Waals surface area contributed by atoms with Gasteiger partial charge in [0.15, 0.2) is 0 Å². The van der Waals surface area contributed by atoms with Crippen LogP contribution in [0.25, 0.3) is 0 Å². The van der Waals surface area contributed by atoms with Crippen molar-refractivity contribution in [3.8, 4) is 0 Å². The van der Waals surface area contributed by atoms with Crippen molar-refractivity contribution >= 4 is 6.03 Å². The van der Waals surface area contributed by atoms with E-state index in [4.69, 9.17) is 4.74 Å². The minimum atomic E-state index is -4.26. The van der Waals surface area contributed by atoms with Crippen LogP contribution in [0.3, 0.4) is 0 Å². The molecule has 0 radical (unpaired) electrons. The van der Waals surface area contributed by atoms with Crippen LogP contribution in [0, 0.1) is 0 Å². The Kier molecular flexibility index (Phi) is 8.51. The summed E-state index contributed by atoms with van der Waals surface area (Å²) < 4.78 is 45.1. The van der Waals surface area contributed by atoms with Gasteiger partial charge in [0.05, 0.1) is 6.61 Å². The molecule has 130 valence electrons. The minimum Gasteiger partial charge on any atom is -0.383 e. The molecule has 1 aliphatic heterocycles. The molecule has 0 aromatic rings. The van der Waals surface area contributed by atoms with Gasteiger partial charge in [-0.25, -0.2) is 4.79 Å². The van der Waals surface area contributed by atoms with E-state index in [0.717, 1.165) is 13.1 Å². The molecule has 22 heavy (non-hydrogen) atoms. The van der Waals surface area contributed by atoms with Crippen LogP contribution < -0.4 is 5.32 Å². The smallest absolute Gasteiger partial charge is 0.383 e. The Morgan fingerprint density at radius 2 is 1.86 bits per heavy atom. The maximum Gasteiger partial charge on any atom is 0.411 e. The normalized spacial score (nSPS) is 16.8. The van der Waals surface area contributed by atoms with E-state index in [-0.39, 0.29) is 12.6 Å². The van der Waals surface area contributed by atoms with E-state index in [1.165, 1.54) is 0 Å². The first-order chi connectivity index (χ1) is 10.4. The van der Waals surface area contributed by atoms with Crippen LogP contribution in [0.2, 0.25) is 0 Å². The van der Waals surface area contributed by atoms with E-state index in [1.54, 1.807) is 12.0 Å². The Hall–Kier alpha value is -1.06. The van der Waals surface area contributed by atoms with Gasteiger partial charge in [0.2, 0.25) is 0 Å². The Bertz CT molecular complexity index is 321. The standard InChI is InChI=1S/C13H24F3N3O3/c1-21-10-3-17-12(20)19-7-5-18(6-8-19)4-2-9-22-11-13(14,15)16/h2-11H2,1H3,(H,17,20). The van der Waals surface area contributed by atoms with Gasteiger partial charge < -0.3 is 19.7 Å². The van der Waals surface area contributed by atoms with Gasteiger partial charge in [0, 0.05) is 53.0 Å². The van der Waals surface area contributed by atoms with E-state index >= 15 is 0 Å². The number of piperazine rings is 1. The van der Waals surface area contributed by atoms with Crippen LogP contribution in [0.5, 0.6) is 0 Å². The predicted octanol–water partition coefficient (Wildman–Crippen LogP) is 0.929. The molecular weight excluding hydrogens is 303 g/mol. The lowest BCUT2D eigenvalue weighted by Gasteiger charge is -2.34. The second-order valence-corrected chi connectivity index (χ2v) is 5.07. The lowest BCUT2D eigenvalue weighted by molar-refractivity contribution is -0.174. The zero-order valence-corrected chi connectivity index (χ0v) is 12.8. The fourth-order valence-corrected chi connectivity index (χ4v) is 2.12. The van der Waals surface area contributed by atoms with Crippen molar-refractivity contribution in [3.05, 3.63) is 0 Å². The van der Waals surface area contributed by atoms with Crippen molar-refractivity contribution in [2.45, 2.75) is 12.6 Å². The average molecular weight is 327 g/mol. The molecule has 0 bridgehead atoms. The first kappa shape index (κ1) is 19.0. The lowest BCUT2D eigenvalue weighted by atomic mass is 10.3. The molecule has 9 heteroatoms. The minimum absolute atomic E-state index is 0.0945. The Labute approximate surface area is 128 Å². The van der Waals surface area contributed by atoms with Crippen LogP contribution in [0.15, 0.2) is 0 Å². The molecule has 1 N–H and O–H groups in total. The largest absolute Gasteiger partial charge is 0.411 e. The Morgan fingerprint density at radius 1 is 1.18 bits per heavy atom. The summed E-state index contributed by atoms with van der Waals surface area (Å²) in [7, 11) is 1.57. The fraction of sp³-hybridized carbons (Fsp3) is 0.923. The van der Waals surface area contributed by atoms with Crippen molar-refractivity contribution in [1.29, 1.82) is 0 Å². The number of hydrogen-bond donors (Lipinski definition) is 1. The van der Waals surface area contributed by atoms with Crippen LogP contribution in [0.1, 0.15) is 6.42 Å². The monoisotopic (exact) mass is 327 g/mol. The molecule has 0 saturated carbocycles. The predicted molar refractivity (Wildman–Crippen MR) is 74.8 cm³/mol. The molecule has 0 aromatic heterocycles. The molecule has 6 nitrogen and oxygen atoms in total. The Morgan fingerprint density at radius 3 is 2.45 bits per heavy atom. The van der Waals surface area contributed by atoms with Crippen molar-refractivity contribution < 1.29 is 27.4 Å². The van der Waals surface area contributed by atoms with Gasteiger partial charge in [-0.2, -0.15) is 13.2 Å². The SMILES string of the molecule is COCCNC(=O)N1CCN(CCCOCC(F)(F)F)CC1. The second kappa shape index (κ2) is 9.86. The number of nitrogens with one attached hydrogen (secondary N) is 1. The number of methoxy groups -OCH3 is 1. The molecule has 0 aliphatic carbocycles. The molecule has 1 aliphatic rings. The zero-order valence-electron chi connectivity index (χ0n) is 12.8. The van der Waals surface area contributed by atoms with Gasteiger partial charge in [-0.1, -0.05) is 0 Å². The molecule has 1 heterocycles. The van der Waals surface area contributed by atoms with Crippen molar-refractivity contribution in [2.24, 2.45) is 0 Å². The Balaban J connectivity index is 2.06. The average Bonchev–Trinajstić information content (AvgIpc) is 2.46. The van der Waals surface area contributed by atoms with Gasteiger partial charge in [0.25, 0.3) is 0 Å². The van der Waals surface area contributed by atoms with E-state index < -0.39 is 12.8 Å². The summed E-state index contributed by atoms with van der Waals surface area (Å²) in [5.41, 5.74) is 0. The molecule has 0 aromatic carbocycles. The number of alkyl halides is 3. The molecule has 0 spiro atoms. The van der Waals surface area contributed by atoms with Gasteiger partial charge in [-0.3, -0.25) is 4.90 Å². The summed E-state index contributed by atoms with van der Waals surface area (Å²) in [4.78, 5) is 15.6. The molecule has 2 amide bonds. The number of urea groups is 1. The quantitative estimate of drug-likeness (QED) is 0.674. The fourth-order valence-electron chi connectivity index (χ4n) is 2.12. The summed E-state index contributed by atoms with van der Waals surface area (Å²) in [5, 5.41) is 2.76. The van der Waals surface area contributed by atoms with Crippen LogP contribution in [-0.2, 0) is 9.47 Å². The van der Waals surface area contributed by atoms with Crippen LogP contribution in [-0.4, -0.2) is 88.2 Å². The van der Waals surface area contributed by atoms with E-state index in [2.05, 4.69) is 15.0 Å². The number of amides is 2. The van der Waals surface area contributed by atoms with Crippen molar-refractivity contribution in [2.75, 3.05) is 66.2 Å². The number of carbonyl (C=O) groups excluding carboxylic acids is 1. The summed E-state index contributed by atoms with van der Waals surface area (Å²) in [6, 6.07) is -0.106. The second-order valence-electron chi connectivity index (χ2n) is 5.07. The van der Waals surface area contributed by atoms with Crippen molar-refractivity contribution in [3.63, 3.8) is 0 Å². The first-order valence-electron chi connectivity index (χ1n) is 7.31. The molecule has 1 fully saturated rings. The first-order valence-corrected chi connectivity index (χ1v) is 7.31. The highest BCUT2D eigenvalue weighted by molar-refractivity contribution is 5.74. The zero-order chi connectivity index (χ0) is 16.4. The summed E-state index contributed by atoms with van der Waals surface area (Å²) >= 11 is 0. The molecule has 0 atom stereocenters. The summed E-state index contributed by atoms with van der Waals surface area (Å²) in [5.74, 6) is 0. The van der Waals surface area contributed by atoms with Gasteiger partial charge in [-0.05, 0) is 6.42 Å². The third-order valence-electron chi connectivity index (χ3n) is 3.27. The van der Waals surface area contributed by atoms with E-state index in [0.29, 0.717) is 39.2 Å². The molecule has 0 unspecified atom stereocenters. The van der Waals surface area contributed by atoms with Gasteiger partial charge in [0.1, 0.15) is 6.61 Å². The maximum absolute atomic E-state index is 11.9. The maximum atomic E-state index is 11.9. The number of rotatable bonds is 8. The number of halogens is 3. The lowest BCUT2D eigenvalue weighted by Crippen LogP contribution is -2.52. The highest BCUT2D eigenvalue weighted by Gasteiger charge is 2.27. The molecule has 1 saturated heterocycles. The van der Waals surface area contributed by atoms with Crippen LogP contribution in [0.4, 0.5) is 18.0 Å². The van der Waals surface area contributed by atoms with E-state index in [9.17, 15) is 18.0 Å². The number of nitrogens with zero attached hydrogens (tertiary/aromatic N) is 2. The number of carbonyl (C=O) groups is 1. The highest BCUT2D eigenvalue weighted by Crippen LogP contribution is 2.14. The highest BCUT2D eigenvalue weighted by atomic mass is 19.4. The van der Waals surface area contributed by atoms with Gasteiger partial charge in [-0.15, -0.1) is 0 Å².